The fourth-order valence-corrected chi connectivity index (χ4v) is 4.29. The average Bonchev–Trinajstić information content (AvgIpc) is 3.09. The van der Waals surface area contributed by atoms with Gasteiger partial charge in [0.1, 0.15) is 11.3 Å². The highest BCUT2D eigenvalue weighted by Gasteiger charge is 2.48. The smallest absolute Gasteiger partial charge is 0.387 e. The summed E-state index contributed by atoms with van der Waals surface area (Å²) in [6, 6.07) is 7.18. The summed E-state index contributed by atoms with van der Waals surface area (Å²) in [5.74, 6) is -0.547. The summed E-state index contributed by atoms with van der Waals surface area (Å²) in [6.45, 7) is 5.88. The molecule has 2 aromatic rings. The van der Waals surface area contributed by atoms with Gasteiger partial charge in [0, 0.05) is 22.6 Å². The maximum atomic E-state index is 13.0. The molecule has 1 aromatic carbocycles. The summed E-state index contributed by atoms with van der Waals surface area (Å²) < 4.78 is 30.9. The number of hydrogen-bond donors (Lipinski definition) is 1. The van der Waals surface area contributed by atoms with Crippen molar-refractivity contribution in [3.63, 3.8) is 0 Å². The lowest BCUT2D eigenvalue weighted by molar-refractivity contribution is -0.131. The van der Waals surface area contributed by atoms with Crippen LogP contribution in [0.3, 0.4) is 0 Å². The molecule has 0 bridgehead atoms. The predicted molar refractivity (Wildman–Crippen MR) is 114 cm³/mol. The summed E-state index contributed by atoms with van der Waals surface area (Å²) in [5.41, 5.74) is 1.39. The van der Waals surface area contributed by atoms with Gasteiger partial charge in [-0.2, -0.15) is 8.78 Å². The number of imide groups is 1. The number of aromatic nitrogens is 1. The number of carbonyl (C=O) groups is 3. The molecule has 1 atom stereocenters. The molecule has 3 amide bonds. The second kappa shape index (κ2) is 8.72. The number of ether oxygens (including phenoxy) is 1. The van der Waals surface area contributed by atoms with E-state index in [4.69, 9.17) is 0 Å². The number of nitrogens with one attached hydrogen (secondary N) is 1. The topological polar surface area (TPSA) is 80.6 Å². The summed E-state index contributed by atoms with van der Waals surface area (Å²) >= 11 is 0. The second-order valence-electron chi connectivity index (χ2n) is 8.67. The van der Waals surface area contributed by atoms with E-state index in [0.717, 1.165) is 10.6 Å². The summed E-state index contributed by atoms with van der Waals surface area (Å²) in [6.07, 6.45) is 0.474. The molecule has 32 heavy (non-hydrogen) atoms. The van der Waals surface area contributed by atoms with Gasteiger partial charge in [-0.05, 0) is 63.4 Å². The molecule has 1 aromatic heterocycles. The van der Waals surface area contributed by atoms with Crippen LogP contribution >= 0.6 is 0 Å². The Morgan fingerprint density at radius 1 is 1.16 bits per heavy atom. The van der Waals surface area contributed by atoms with Gasteiger partial charge >= 0.3 is 12.6 Å². The molecule has 172 valence electrons. The van der Waals surface area contributed by atoms with Crippen LogP contribution in [0.25, 0.3) is 5.69 Å². The van der Waals surface area contributed by atoms with E-state index in [2.05, 4.69) is 10.1 Å². The van der Waals surface area contributed by atoms with Gasteiger partial charge in [-0.25, -0.2) is 4.79 Å². The SMILES string of the molecule is Cc1cc(C(=O)CN2C(=O)NC(C)(CC(C)C)C2=O)c(C)n1-c1ccc(OC(F)F)cc1. The first-order valence-electron chi connectivity index (χ1n) is 10.3. The number of halogens is 2. The third kappa shape index (κ3) is 4.51. The molecule has 0 radical (unpaired) electrons. The van der Waals surface area contributed by atoms with Crippen LogP contribution in [0.2, 0.25) is 0 Å². The largest absolute Gasteiger partial charge is 0.435 e. The first-order chi connectivity index (χ1) is 14.9. The highest BCUT2D eigenvalue weighted by Crippen LogP contribution is 2.27. The number of carbonyl (C=O) groups excluding carboxylic acids is 3. The van der Waals surface area contributed by atoms with Gasteiger partial charge in [-0.1, -0.05) is 13.8 Å². The maximum Gasteiger partial charge on any atom is 0.387 e. The number of nitrogens with zero attached hydrogens (tertiary/aromatic N) is 2. The number of benzene rings is 1. The van der Waals surface area contributed by atoms with E-state index in [1.807, 2.05) is 13.8 Å². The van der Waals surface area contributed by atoms with Crippen molar-refractivity contribution in [1.29, 1.82) is 0 Å². The van der Waals surface area contributed by atoms with Crippen LogP contribution in [0.1, 0.15) is 48.9 Å². The molecule has 1 unspecified atom stereocenters. The zero-order valence-corrected chi connectivity index (χ0v) is 18.7. The second-order valence-corrected chi connectivity index (χ2v) is 8.67. The minimum absolute atomic E-state index is 0.0329. The third-order valence-corrected chi connectivity index (χ3v) is 5.51. The normalized spacial score (nSPS) is 18.6. The molecule has 1 N–H and O–H groups in total. The van der Waals surface area contributed by atoms with E-state index in [1.54, 1.807) is 43.5 Å². The number of ketones is 1. The Hall–Kier alpha value is -3.23. The van der Waals surface area contributed by atoms with Crippen LogP contribution in [-0.2, 0) is 4.79 Å². The van der Waals surface area contributed by atoms with Crippen LogP contribution in [-0.4, -0.2) is 45.9 Å². The van der Waals surface area contributed by atoms with Crippen LogP contribution < -0.4 is 10.1 Å². The summed E-state index contributed by atoms with van der Waals surface area (Å²) in [5, 5.41) is 2.71. The first-order valence-corrected chi connectivity index (χ1v) is 10.3. The predicted octanol–water partition coefficient (Wildman–Crippen LogP) is 4.23. The van der Waals surface area contributed by atoms with Crippen molar-refractivity contribution in [2.75, 3.05) is 6.54 Å². The fourth-order valence-electron chi connectivity index (χ4n) is 4.29. The standard InChI is InChI=1S/C23H27F2N3O4/c1-13(2)11-23(5)20(30)27(22(31)26-23)12-19(29)18-10-14(3)28(15(18)4)16-6-8-17(9-7-16)32-21(24)25/h6-10,13,21H,11-12H2,1-5H3,(H,26,31). The highest BCUT2D eigenvalue weighted by atomic mass is 19.3. The lowest BCUT2D eigenvalue weighted by atomic mass is 9.91. The molecule has 1 fully saturated rings. The van der Waals surface area contributed by atoms with Gasteiger partial charge in [-0.15, -0.1) is 0 Å². The minimum Gasteiger partial charge on any atom is -0.435 e. The van der Waals surface area contributed by atoms with Crippen molar-refractivity contribution in [2.45, 2.75) is 53.2 Å². The van der Waals surface area contributed by atoms with E-state index in [-0.39, 0.29) is 24.0 Å². The average molecular weight is 447 g/mol. The van der Waals surface area contributed by atoms with E-state index in [1.165, 1.54) is 12.1 Å². The molecule has 9 heteroatoms. The zero-order valence-electron chi connectivity index (χ0n) is 18.7. The lowest BCUT2D eigenvalue weighted by Crippen LogP contribution is -2.45. The van der Waals surface area contributed by atoms with Gasteiger partial charge in [-0.3, -0.25) is 14.5 Å². The van der Waals surface area contributed by atoms with Crippen LogP contribution in [0.4, 0.5) is 13.6 Å². The molecule has 1 aliphatic rings. The first kappa shape index (κ1) is 23.4. The molecule has 7 nitrogen and oxygen atoms in total. The van der Waals surface area contributed by atoms with Gasteiger partial charge in [0.25, 0.3) is 5.91 Å². The number of hydrogen-bond acceptors (Lipinski definition) is 4. The summed E-state index contributed by atoms with van der Waals surface area (Å²) in [4.78, 5) is 39.2. The van der Waals surface area contributed by atoms with Crippen molar-refractivity contribution in [2.24, 2.45) is 5.92 Å². The number of rotatable bonds is 8. The van der Waals surface area contributed by atoms with Crippen molar-refractivity contribution >= 4 is 17.7 Å². The van der Waals surface area contributed by atoms with Crippen LogP contribution in [0.15, 0.2) is 30.3 Å². The van der Waals surface area contributed by atoms with Crippen LogP contribution in [0.5, 0.6) is 5.75 Å². The maximum absolute atomic E-state index is 13.0. The molecule has 2 heterocycles. The molecule has 0 saturated carbocycles. The Morgan fingerprint density at radius 2 is 1.78 bits per heavy atom. The highest BCUT2D eigenvalue weighted by molar-refractivity contribution is 6.11. The number of urea groups is 1. The third-order valence-electron chi connectivity index (χ3n) is 5.51. The Bertz CT molecular complexity index is 1050. The number of amides is 3. The Labute approximate surface area is 185 Å². The van der Waals surface area contributed by atoms with Gasteiger partial charge in [0.15, 0.2) is 5.78 Å². The lowest BCUT2D eigenvalue weighted by Gasteiger charge is -2.23. The molecule has 0 spiro atoms. The Kier molecular flexibility index (Phi) is 6.39. The van der Waals surface area contributed by atoms with E-state index >= 15 is 0 Å². The monoisotopic (exact) mass is 447 g/mol. The molecule has 1 saturated heterocycles. The summed E-state index contributed by atoms with van der Waals surface area (Å²) in [7, 11) is 0. The molecular formula is C23H27F2N3O4. The molecule has 1 aliphatic heterocycles. The molecule has 0 aliphatic carbocycles. The van der Waals surface area contributed by atoms with E-state index < -0.39 is 24.1 Å². The van der Waals surface area contributed by atoms with E-state index in [9.17, 15) is 23.2 Å². The quantitative estimate of drug-likeness (QED) is 0.485. The number of aryl methyl sites for hydroxylation is 1. The van der Waals surface area contributed by atoms with Crippen molar-refractivity contribution in [1.82, 2.24) is 14.8 Å². The fraction of sp³-hybridized carbons (Fsp3) is 0.435. The zero-order chi connectivity index (χ0) is 23.8. The van der Waals surface area contributed by atoms with Crippen LogP contribution in [0, 0.1) is 19.8 Å². The van der Waals surface area contributed by atoms with Gasteiger partial charge < -0.3 is 14.6 Å². The van der Waals surface area contributed by atoms with Crippen molar-refractivity contribution < 1.29 is 27.9 Å². The van der Waals surface area contributed by atoms with Crippen molar-refractivity contribution in [3.8, 4) is 11.4 Å². The molecule has 3 rings (SSSR count). The Balaban J connectivity index is 1.82. The number of alkyl halides is 2. The Morgan fingerprint density at radius 3 is 2.34 bits per heavy atom. The van der Waals surface area contributed by atoms with Gasteiger partial charge in [0.2, 0.25) is 0 Å². The number of Topliss-reactive ketones (excluding diaryl/α,β-unsaturated/α-hetero) is 1. The van der Waals surface area contributed by atoms with Gasteiger partial charge in [0.05, 0.1) is 6.54 Å². The molecular weight excluding hydrogens is 420 g/mol. The van der Waals surface area contributed by atoms with E-state index in [0.29, 0.717) is 23.4 Å². The minimum atomic E-state index is -2.91. The van der Waals surface area contributed by atoms with Crippen molar-refractivity contribution in [3.05, 3.63) is 47.3 Å².